The Labute approximate surface area is 79.7 Å². The molecule has 74 valence electrons. The van der Waals surface area contributed by atoms with Gasteiger partial charge in [-0.3, -0.25) is 4.79 Å². The first-order chi connectivity index (χ1) is 6.16. The molecule has 2 fully saturated rings. The van der Waals surface area contributed by atoms with Gasteiger partial charge in [-0.05, 0) is 30.6 Å². The lowest BCUT2D eigenvalue weighted by atomic mass is 9.72. The first-order valence-corrected chi connectivity index (χ1v) is 5.36. The van der Waals surface area contributed by atoms with Gasteiger partial charge in [-0.15, -0.1) is 0 Å². The van der Waals surface area contributed by atoms with Crippen LogP contribution in [0.25, 0.3) is 0 Å². The molecule has 1 aliphatic heterocycles. The maximum atomic E-state index is 11.2. The number of ether oxygens (including phenoxy) is 1. The van der Waals surface area contributed by atoms with Gasteiger partial charge < -0.3 is 4.74 Å². The summed E-state index contributed by atoms with van der Waals surface area (Å²) < 4.78 is 5.39. The van der Waals surface area contributed by atoms with Crippen LogP contribution in [0.1, 0.15) is 39.5 Å². The van der Waals surface area contributed by atoms with E-state index in [0.29, 0.717) is 18.3 Å². The molecular formula is C11H18O2. The molecule has 0 unspecified atom stereocenters. The summed E-state index contributed by atoms with van der Waals surface area (Å²) in [6, 6.07) is 0. The Morgan fingerprint density at radius 1 is 1.31 bits per heavy atom. The predicted octanol–water partition coefficient (Wildman–Crippen LogP) is 2.37. The Balaban J connectivity index is 2.06. The predicted molar refractivity (Wildman–Crippen MR) is 50.2 cm³/mol. The number of hydrogen-bond donors (Lipinski definition) is 0. The molecule has 2 heteroatoms. The summed E-state index contributed by atoms with van der Waals surface area (Å²) in [6.07, 6.45) is 4.51. The van der Waals surface area contributed by atoms with Crippen LogP contribution in [-0.2, 0) is 9.53 Å². The van der Waals surface area contributed by atoms with E-state index in [4.69, 9.17) is 4.74 Å². The number of hydrogen-bond acceptors (Lipinski definition) is 2. The molecule has 4 atom stereocenters. The van der Waals surface area contributed by atoms with Crippen LogP contribution < -0.4 is 0 Å². The molecule has 0 N–H and O–H groups in total. The Bertz CT molecular complexity index is 212. The van der Waals surface area contributed by atoms with Gasteiger partial charge in [-0.2, -0.15) is 0 Å². The van der Waals surface area contributed by atoms with Crippen molar-refractivity contribution in [2.24, 2.45) is 17.8 Å². The number of rotatable bonds is 0. The van der Waals surface area contributed by atoms with Crippen molar-refractivity contribution in [3.05, 3.63) is 0 Å². The molecule has 1 saturated heterocycles. The van der Waals surface area contributed by atoms with Gasteiger partial charge in [0.05, 0.1) is 0 Å². The molecule has 0 radical (unpaired) electrons. The van der Waals surface area contributed by atoms with Crippen LogP contribution >= 0.6 is 0 Å². The molecule has 2 rings (SSSR count). The van der Waals surface area contributed by atoms with Crippen molar-refractivity contribution in [2.45, 2.75) is 45.6 Å². The fraction of sp³-hybridized carbons (Fsp3) is 0.909. The van der Waals surface area contributed by atoms with E-state index < -0.39 is 0 Å². The van der Waals surface area contributed by atoms with Crippen LogP contribution in [0.3, 0.4) is 0 Å². The SMILES string of the molecule is C[C@H]1CC[C@H]2[C@@H](C)CC(=O)O[C@@H]2C1. The van der Waals surface area contributed by atoms with Gasteiger partial charge in [-0.25, -0.2) is 0 Å². The molecular weight excluding hydrogens is 164 g/mol. The minimum Gasteiger partial charge on any atom is -0.462 e. The fourth-order valence-corrected chi connectivity index (χ4v) is 2.77. The maximum absolute atomic E-state index is 11.2. The van der Waals surface area contributed by atoms with Crippen molar-refractivity contribution in [2.75, 3.05) is 0 Å². The van der Waals surface area contributed by atoms with E-state index in [1.54, 1.807) is 0 Å². The Morgan fingerprint density at radius 3 is 2.85 bits per heavy atom. The second-order valence-corrected chi connectivity index (χ2v) is 4.79. The van der Waals surface area contributed by atoms with Crippen LogP contribution in [0, 0.1) is 17.8 Å². The van der Waals surface area contributed by atoms with E-state index in [-0.39, 0.29) is 12.1 Å². The largest absolute Gasteiger partial charge is 0.462 e. The van der Waals surface area contributed by atoms with Gasteiger partial charge in [0.1, 0.15) is 6.10 Å². The fourth-order valence-electron chi connectivity index (χ4n) is 2.77. The van der Waals surface area contributed by atoms with E-state index in [1.165, 1.54) is 12.8 Å². The van der Waals surface area contributed by atoms with Gasteiger partial charge in [0.15, 0.2) is 0 Å². The lowest BCUT2D eigenvalue weighted by molar-refractivity contribution is -0.166. The Morgan fingerprint density at radius 2 is 2.08 bits per heavy atom. The summed E-state index contributed by atoms with van der Waals surface area (Å²) in [6.45, 7) is 4.44. The number of carbonyl (C=O) groups is 1. The zero-order chi connectivity index (χ0) is 9.42. The second-order valence-electron chi connectivity index (χ2n) is 4.79. The number of carbonyl (C=O) groups excluding carboxylic acids is 1. The maximum Gasteiger partial charge on any atom is 0.306 e. The molecule has 0 aromatic rings. The van der Waals surface area contributed by atoms with Crippen molar-refractivity contribution < 1.29 is 9.53 Å². The highest BCUT2D eigenvalue weighted by Crippen LogP contribution is 2.39. The molecule has 0 spiro atoms. The first-order valence-electron chi connectivity index (χ1n) is 5.36. The number of esters is 1. The summed E-state index contributed by atoms with van der Waals surface area (Å²) in [4.78, 5) is 11.2. The Hall–Kier alpha value is -0.530. The van der Waals surface area contributed by atoms with Gasteiger partial charge >= 0.3 is 5.97 Å². The molecule has 13 heavy (non-hydrogen) atoms. The van der Waals surface area contributed by atoms with Crippen LogP contribution in [0.5, 0.6) is 0 Å². The standard InChI is InChI=1S/C11H18O2/c1-7-3-4-9-8(2)6-11(12)13-10(9)5-7/h7-10H,3-6H2,1-2H3/t7-,8-,9-,10+/m0/s1. The second kappa shape index (κ2) is 3.32. The van der Waals surface area contributed by atoms with Crippen LogP contribution in [0.2, 0.25) is 0 Å². The van der Waals surface area contributed by atoms with Gasteiger partial charge in [-0.1, -0.05) is 20.3 Å². The molecule has 0 aromatic heterocycles. The van der Waals surface area contributed by atoms with E-state index in [9.17, 15) is 4.79 Å². The Kier molecular flexibility index (Phi) is 2.31. The quantitative estimate of drug-likeness (QED) is 0.538. The van der Waals surface area contributed by atoms with Crippen molar-refractivity contribution >= 4 is 5.97 Å². The summed E-state index contributed by atoms with van der Waals surface area (Å²) >= 11 is 0. The van der Waals surface area contributed by atoms with E-state index in [2.05, 4.69) is 13.8 Å². The average Bonchev–Trinajstić information content (AvgIpc) is 2.02. The van der Waals surface area contributed by atoms with Gasteiger partial charge in [0.2, 0.25) is 0 Å². The third-order valence-corrected chi connectivity index (χ3v) is 3.61. The third-order valence-electron chi connectivity index (χ3n) is 3.61. The summed E-state index contributed by atoms with van der Waals surface area (Å²) in [5.74, 6) is 1.94. The minimum atomic E-state index is 0.0165. The molecule has 1 heterocycles. The molecule has 0 aromatic carbocycles. The summed E-state index contributed by atoms with van der Waals surface area (Å²) in [5, 5.41) is 0. The smallest absolute Gasteiger partial charge is 0.306 e. The molecule has 2 nitrogen and oxygen atoms in total. The summed E-state index contributed by atoms with van der Waals surface area (Å²) in [7, 11) is 0. The van der Waals surface area contributed by atoms with E-state index in [1.807, 2.05) is 0 Å². The van der Waals surface area contributed by atoms with E-state index >= 15 is 0 Å². The zero-order valence-corrected chi connectivity index (χ0v) is 8.45. The van der Waals surface area contributed by atoms with E-state index in [0.717, 1.165) is 12.3 Å². The lowest BCUT2D eigenvalue weighted by Gasteiger charge is -2.41. The summed E-state index contributed by atoms with van der Waals surface area (Å²) in [5.41, 5.74) is 0. The first kappa shape index (κ1) is 9.04. The van der Waals surface area contributed by atoms with Crippen LogP contribution in [0.15, 0.2) is 0 Å². The van der Waals surface area contributed by atoms with Crippen molar-refractivity contribution in [1.29, 1.82) is 0 Å². The minimum absolute atomic E-state index is 0.0165. The molecule has 0 bridgehead atoms. The van der Waals surface area contributed by atoms with Crippen molar-refractivity contribution in [1.82, 2.24) is 0 Å². The molecule has 0 amide bonds. The topological polar surface area (TPSA) is 26.3 Å². The van der Waals surface area contributed by atoms with Crippen molar-refractivity contribution in [3.8, 4) is 0 Å². The lowest BCUT2D eigenvalue weighted by Crippen LogP contribution is -2.41. The van der Waals surface area contributed by atoms with Crippen LogP contribution in [-0.4, -0.2) is 12.1 Å². The van der Waals surface area contributed by atoms with Gasteiger partial charge in [0.25, 0.3) is 0 Å². The highest BCUT2D eigenvalue weighted by atomic mass is 16.5. The number of fused-ring (bicyclic) bond motifs is 1. The zero-order valence-electron chi connectivity index (χ0n) is 8.45. The molecule has 1 saturated carbocycles. The average molecular weight is 182 g/mol. The molecule has 1 aliphatic carbocycles. The van der Waals surface area contributed by atoms with Crippen molar-refractivity contribution in [3.63, 3.8) is 0 Å². The molecule has 2 aliphatic rings. The van der Waals surface area contributed by atoms with Gasteiger partial charge in [0, 0.05) is 6.42 Å². The normalized spacial score (nSPS) is 45.2. The highest BCUT2D eigenvalue weighted by Gasteiger charge is 2.39. The monoisotopic (exact) mass is 182 g/mol. The third kappa shape index (κ3) is 1.72. The highest BCUT2D eigenvalue weighted by molar-refractivity contribution is 5.70. The van der Waals surface area contributed by atoms with Crippen LogP contribution in [0.4, 0.5) is 0 Å².